The summed E-state index contributed by atoms with van der Waals surface area (Å²) in [6.07, 6.45) is -0.627. The van der Waals surface area contributed by atoms with Gasteiger partial charge in [-0.3, -0.25) is 9.59 Å². The molecule has 0 aliphatic rings. The van der Waals surface area contributed by atoms with Crippen molar-refractivity contribution in [3.63, 3.8) is 0 Å². The maximum absolute atomic E-state index is 10.0. The zero-order valence-electron chi connectivity index (χ0n) is 8.12. The Bertz CT molecular complexity index is 177. The summed E-state index contributed by atoms with van der Waals surface area (Å²) in [5.41, 5.74) is 4.54. The highest BCUT2D eigenvalue weighted by atomic mass is 16.5. The Balaban J connectivity index is 0. The molecule has 0 rings (SSSR count). The first-order valence-electron chi connectivity index (χ1n) is 3.81. The number of Topliss-reactive ketones (excluding diaryl/α,β-unsaturated/α-hetero) is 2. The molecule has 0 aliphatic heterocycles. The van der Waals surface area contributed by atoms with Gasteiger partial charge in [0.15, 0.2) is 0 Å². The van der Waals surface area contributed by atoms with Crippen molar-refractivity contribution in [3.8, 4) is 0 Å². The van der Waals surface area contributed by atoms with Crippen molar-refractivity contribution >= 4 is 17.7 Å². The van der Waals surface area contributed by atoms with Crippen molar-refractivity contribution in [2.45, 2.75) is 27.2 Å². The van der Waals surface area contributed by atoms with Gasteiger partial charge in [-0.15, -0.1) is 0 Å². The number of primary amides is 1. The highest BCUT2D eigenvalue weighted by Gasteiger charge is 1.94. The normalized spacial score (nSPS) is 7.92. The molecule has 0 heterocycles. The van der Waals surface area contributed by atoms with Crippen LogP contribution in [0, 0.1) is 0 Å². The summed E-state index contributed by atoms with van der Waals surface area (Å²) in [6.45, 7) is 4.86. The summed E-state index contributed by atoms with van der Waals surface area (Å²) in [5, 5.41) is 0. The van der Waals surface area contributed by atoms with E-state index in [1.165, 1.54) is 13.8 Å². The molecular formula is C8H15NO4. The summed E-state index contributed by atoms with van der Waals surface area (Å²) >= 11 is 0. The summed E-state index contributed by atoms with van der Waals surface area (Å²) < 4.78 is 4.18. The molecule has 0 aromatic carbocycles. The fourth-order valence-electron chi connectivity index (χ4n) is 0.493. The lowest BCUT2D eigenvalue weighted by molar-refractivity contribution is -0.124. The molecule has 0 spiro atoms. The van der Waals surface area contributed by atoms with Crippen LogP contribution >= 0.6 is 0 Å². The Morgan fingerprint density at radius 3 is 1.54 bits per heavy atom. The largest absolute Gasteiger partial charge is 0.450 e. The van der Waals surface area contributed by atoms with Crippen LogP contribution in [0.2, 0.25) is 0 Å². The van der Waals surface area contributed by atoms with Gasteiger partial charge in [0, 0.05) is 0 Å². The molecule has 5 nitrogen and oxygen atoms in total. The van der Waals surface area contributed by atoms with Crippen LogP contribution in [0.4, 0.5) is 4.79 Å². The predicted molar refractivity (Wildman–Crippen MR) is 47.2 cm³/mol. The molecule has 0 aliphatic carbocycles. The van der Waals surface area contributed by atoms with Gasteiger partial charge in [-0.2, -0.15) is 0 Å². The number of carbonyl (C=O) groups excluding carboxylic acids is 3. The Labute approximate surface area is 77.2 Å². The van der Waals surface area contributed by atoms with Crippen molar-refractivity contribution in [2.24, 2.45) is 5.73 Å². The van der Waals surface area contributed by atoms with Gasteiger partial charge in [0.25, 0.3) is 0 Å². The number of hydrogen-bond donors (Lipinski definition) is 1. The van der Waals surface area contributed by atoms with E-state index in [0.29, 0.717) is 6.61 Å². The third-order valence-electron chi connectivity index (χ3n) is 0.784. The van der Waals surface area contributed by atoms with Crippen LogP contribution in [0.3, 0.4) is 0 Å². The summed E-state index contributed by atoms with van der Waals surface area (Å²) in [5.74, 6) is -0.125. The molecule has 0 aromatic heterocycles. The number of amides is 1. The topological polar surface area (TPSA) is 86.5 Å². The van der Waals surface area contributed by atoms with Gasteiger partial charge >= 0.3 is 6.09 Å². The van der Waals surface area contributed by atoms with Crippen LogP contribution in [0.5, 0.6) is 0 Å². The van der Waals surface area contributed by atoms with Crippen molar-refractivity contribution in [1.29, 1.82) is 0 Å². The molecule has 76 valence electrons. The van der Waals surface area contributed by atoms with Gasteiger partial charge in [-0.1, -0.05) is 0 Å². The molecule has 0 aromatic rings. The number of carbonyl (C=O) groups is 3. The lowest BCUT2D eigenvalue weighted by Gasteiger charge is -1.89. The third-order valence-corrected chi connectivity index (χ3v) is 0.784. The maximum atomic E-state index is 10.0. The first kappa shape index (κ1) is 14.2. The van der Waals surface area contributed by atoms with E-state index in [1.807, 2.05) is 0 Å². The second-order valence-corrected chi connectivity index (χ2v) is 2.33. The monoisotopic (exact) mass is 189 g/mol. The van der Waals surface area contributed by atoms with E-state index in [9.17, 15) is 14.4 Å². The molecule has 0 radical (unpaired) electrons. The second kappa shape index (κ2) is 8.70. The zero-order valence-corrected chi connectivity index (χ0v) is 8.12. The third kappa shape index (κ3) is 25.0. The number of nitrogens with two attached hydrogens (primary N) is 1. The minimum atomic E-state index is -0.711. The van der Waals surface area contributed by atoms with E-state index in [4.69, 9.17) is 0 Å². The fourth-order valence-corrected chi connectivity index (χ4v) is 0.493. The number of ether oxygens (including phenoxy) is 1. The zero-order chi connectivity index (χ0) is 10.9. The smallest absolute Gasteiger partial charge is 0.404 e. The minimum absolute atomic E-state index is 0.0625. The van der Waals surface area contributed by atoms with Gasteiger partial charge in [0.1, 0.15) is 11.6 Å². The average molecular weight is 189 g/mol. The van der Waals surface area contributed by atoms with Gasteiger partial charge < -0.3 is 10.5 Å². The molecule has 0 saturated carbocycles. The van der Waals surface area contributed by atoms with Gasteiger partial charge in [0.05, 0.1) is 13.0 Å². The SMILES string of the molecule is CC(=O)CC(C)=O.CCOC(N)=O. The summed E-state index contributed by atoms with van der Waals surface area (Å²) in [4.78, 5) is 29.7. The van der Waals surface area contributed by atoms with E-state index in [-0.39, 0.29) is 18.0 Å². The van der Waals surface area contributed by atoms with Crippen molar-refractivity contribution in [2.75, 3.05) is 6.61 Å². The highest BCUT2D eigenvalue weighted by molar-refractivity contribution is 5.96. The van der Waals surface area contributed by atoms with Gasteiger partial charge in [-0.05, 0) is 20.8 Å². The second-order valence-electron chi connectivity index (χ2n) is 2.33. The molecule has 0 unspecified atom stereocenters. The lowest BCUT2D eigenvalue weighted by atomic mass is 10.2. The van der Waals surface area contributed by atoms with Crippen molar-refractivity contribution in [3.05, 3.63) is 0 Å². The van der Waals surface area contributed by atoms with Crippen LogP contribution in [-0.2, 0) is 14.3 Å². The number of hydrogen-bond acceptors (Lipinski definition) is 4. The van der Waals surface area contributed by atoms with E-state index in [1.54, 1.807) is 6.92 Å². The Hall–Kier alpha value is -1.39. The molecule has 5 heteroatoms. The Kier molecular flexibility index (Phi) is 9.48. The molecule has 0 fully saturated rings. The van der Waals surface area contributed by atoms with Gasteiger partial charge in [0.2, 0.25) is 0 Å². The summed E-state index contributed by atoms with van der Waals surface area (Å²) in [7, 11) is 0. The maximum Gasteiger partial charge on any atom is 0.404 e. The van der Waals surface area contributed by atoms with Crippen molar-refractivity contribution in [1.82, 2.24) is 0 Å². The predicted octanol–water partition coefficient (Wildman–Crippen LogP) is 0.656. The number of rotatable bonds is 3. The molecule has 0 bridgehead atoms. The first-order chi connectivity index (χ1) is 5.90. The summed E-state index contributed by atoms with van der Waals surface area (Å²) in [6, 6.07) is 0. The Morgan fingerprint density at radius 1 is 1.15 bits per heavy atom. The van der Waals surface area contributed by atoms with E-state index in [0.717, 1.165) is 0 Å². The molecule has 1 amide bonds. The molecule has 13 heavy (non-hydrogen) atoms. The molecule has 2 N–H and O–H groups in total. The van der Waals surface area contributed by atoms with Crippen LogP contribution < -0.4 is 5.73 Å². The fraction of sp³-hybridized carbons (Fsp3) is 0.625. The number of ketones is 2. The van der Waals surface area contributed by atoms with Crippen LogP contribution in [0.1, 0.15) is 27.2 Å². The van der Waals surface area contributed by atoms with E-state index < -0.39 is 6.09 Å². The minimum Gasteiger partial charge on any atom is -0.450 e. The highest BCUT2D eigenvalue weighted by Crippen LogP contribution is 1.80. The van der Waals surface area contributed by atoms with Gasteiger partial charge in [-0.25, -0.2) is 4.79 Å². The standard InChI is InChI=1S/C5H8O2.C3H7NO2/c1-4(6)3-5(2)7;1-2-6-3(4)5/h3H2,1-2H3;2H2,1H3,(H2,4,5). The quantitative estimate of drug-likeness (QED) is 0.660. The van der Waals surface area contributed by atoms with Crippen LogP contribution in [0.25, 0.3) is 0 Å². The lowest BCUT2D eigenvalue weighted by Crippen LogP contribution is -2.11. The Morgan fingerprint density at radius 2 is 1.54 bits per heavy atom. The average Bonchev–Trinajstić information content (AvgIpc) is 1.83. The van der Waals surface area contributed by atoms with Crippen LogP contribution in [0.15, 0.2) is 0 Å². The van der Waals surface area contributed by atoms with E-state index in [2.05, 4.69) is 10.5 Å². The van der Waals surface area contributed by atoms with Crippen molar-refractivity contribution < 1.29 is 19.1 Å². The molecular weight excluding hydrogens is 174 g/mol. The van der Waals surface area contributed by atoms with Crippen LogP contribution in [-0.4, -0.2) is 24.3 Å². The molecule has 0 atom stereocenters. The first-order valence-corrected chi connectivity index (χ1v) is 3.81. The molecule has 0 saturated heterocycles. The van der Waals surface area contributed by atoms with E-state index >= 15 is 0 Å².